The number of hydrogen-bond donors (Lipinski definition) is 1. The summed E-state index contributed by atoms with van der Waals surface area (Å²) in [7, 11) is 0. The van der Waals surface area contributed by atoms with E-state index in [2.05, 4.69) is 12.2 Å². The zero-order chi connectivity index (χ0) is 14.4. The van der Waals surface area contributed by atoms with Crippen molar-refractivity contribution in [3.63, 3.8) is 0 Å². The molecule has 1 aromatic rings. The van der Waals surface area contributed by atoms with Gasteiger partial charge in [0.05, 0.1) is 6.10 Å². The molecule has 1 aliphatic carbocycles. The molecule has 2 nitrogen and oxygen atoms in total. The van der Waals surface area contributed by atoms with E-state index >= 15 is 0 Å². The van der Waals surface area contributed by atoms with E-state index in [9.17, 15) is 4.39 Å². The van der Waals surface area contributed by atoms with Crippen LogP contribution in [0.4, 0.5) is 4.39 Å². The summed E-state index contributed by atoms with van der Waals surface area (Å²) in [5, 5.41) is 3.20. The van der Waals surface area contributed by atoms with Crippen LogP contribution in [-0.2, 0) is 6.54 Å². The third-order valence-electron chi connectivity index (χ3n) is 4.18. The minimum absolute atomic E-state index is 0.183. The van der Waals surface area contributed by atoms with Crippen molar-refractivity contribution in [2.45, 2.75) is 58.6 Å². The van der Waals surface area contributed by atoms with E-state index in [-0.39, 0.29) is 11.9 Å². The summed E-state index contributed by atoms with van der Waals surface area (Å²) in [6.07, 6.45) is 5.99. The highest BCUT2D eigenvalue weighted by molar-refractivity contribution is 5.29. The van der Waals surface area contributed by atoms with Crippen LogP contribution in [0.25, 0.3) is 0 Å². The molecule has 0 saturated heterocycles. The Morgan fingerprint density at radius 3 is 2.85 bits per heavy atom. The summed E-state index contributed by atoms with van der Waals surface area (Å²) in [6.45, 7) is 5.86. The normalized spacial score (nSPS) is 22.8. The molecule has 1 aromatic carbocycles. The Labute approximate surface area is 121 Å². The Morgan fingerprint density at radius 1 is 1.30 bits per heavy atom. The smallest absolute Gasteiger partial charge is 0.165 e. The van der Waals surface area contributed by atoms with Crippen LogP contribution >= 0.6 is 0 Å². The maximum absolute atomic E-state index is 14.1. The van der Waals surface area contributed by atoms with Gasteiger partial charge >= 0.3 is 0 Å². The van der Waals surface area contributed by atoms with E-state index in [0.29, 0.717) is 12.3 Å². The molecule has 3 heteroatoms. The van der Waals surface area contributed by atoms with Crippen LogP contribution in [0.1, 0.15) is 51.5 Å². The number of hydrogen-bond acceptors (Lipinski definition) is 2. The molecule has 0 spiro atoms. The van der Waals surface area contributed by atoms with Crippen molar-refractivity contribution in [3.8, 4) is 5.75 Å². The first kappa shape index (κ1) is 15.3. The van der Waals surface area contributed by atoms with Crippen molar-refractivity contribution in [2.75, 3.05) is 6.54 Å². The highest BCUT2D eigenvalue weighted by Gasteiger charge is 2.22. The average molecular weight is 279 g/mol. The second-order valence-electron chi connectivity index (χ2n) is 5.73. The standard InChI is InChI=1S/C17H26FNO/c1-3-13-6-5-7-15(10-13)20-17-9-8-14(11-16(17)18)12-19-4-2/h8-9,11,13,15,19H,3-7,10,12H2,1-2H3. The summed E-state index contributed by atoms with van der Waals surface area (Å²) in [5.74, 6) is 0.913. The molecule has 2 unspecified atom stereocenters. The van der Waals surface area contributed by atoms with Crippen LogP contribution in [0, 0.1) is 11.7 Å². The Balaban J connectivity index is 1.95. The van der Waals surface area contributed by atoms with E-state index in [1.807, 2.05) is 13.0 Å². The number of nitrogens with one attached hydrogen (secondary N) is 1. The lowest BCUT2D eigenvalue weighted by molar-refractivity contribution is 0.117. The molecule has 0 aromatic heterocycles. The first-order valence-corrected chi connectivity index (χ1v) is 7.88. The van der Waals surface area contributed by atoms with Gasteiger partial charge in [0.2, 0.25) is 0 Å². The fourth-order valence-electron chi connectivity index (χ4n) is 2.92. The van der Waals surface area contributed by atoms with Gasteiger partial charge in [0, 0.05) is 6.54 Å². The van der Waals surface area contributed by atoms with Gasteiger partial charge < -0.3 is 10.1 Å². The molecule has 1 N–H and O–H groups in total. The molecule has 0 radical (unpaired) electrons. The van der Waals surface area contributed by atoms with Gasteiger partial charge in [-0.2, -0.15) is 0 Å². The zero-order valence-corrected chi connectivity index (χ0v) is 12.6. The maximum atomic E-state index is 14.1. The van der Waals surface area contributed by atoms with Gasteiger partial charge in [-0.3, -0.25) is 0 Å². The van der Waals surface area contributed by atoms with Crippen LogP contribution < -0.4 is 10.1 Å². The van der Waals surface area contributed by atoms with Crippen molar-refractivity contribution in [2.24, 2.45) is 5.92 Å². The molecule has 0 bridgehead atoms. The fraction of sp³-hybridized carbons (Fsp3) is 0.647. The van der Waals surface area contributed by atoms with Crippen molar-refractivity contribution >= 4 is 0 Å². The van der Waals surface area contributed by atoms with Crippen LogP contribution in [0.5, 0.6) is 5.75 Å². The Bertz CT molecular complexity index is 421. The Morgan fingerprint density at radius 2 is 2.15 bits per heavy atom. The summed E-state index contributed by atoms with van der Waals surface area (Å²) >= 11 is 0. The predicted molar refractivity (Wildman–Crippen MR) is 80.4 cm³/mol. The number of rotatable bonds is 6. The van der Waals surface area contributed by atoms with E-state index in [4.69, 9.17) is 4.74 Å². The molecule has 0 amide bonds. The lowest BCUT2D eigenvalue weighted by Gasteiger charge is -2.29. The number of halogens is 1. The molecule has 2 atom stereocenters. The molecule has 1 aliphatic rings. The molecule has 0 aliphatic heterocycles. The van der Waals surface area contributed by atoms with Gasteiger partial charge in [-0.1, -0.05) is 32.8 Å². The van der Waals surface area contributed by atoms with Gasteiger partial charge in [-0.25, -0.2) is 4.39 Å². The molecular formula is C17H26FNO. The molecule has 0 heterocycles. The average Bonchev–Trinajstić information content (AvgIpc) is 2.48. The first-order chi connectivity index (χ1) is 9.72. The largest absolute Gasteiger partial charge is 0.487 e. The van der Waals surface area contributed by atoms with Crippen LogP contribution in [0.2, 0.25) is 0 Å². The second-order valence-corrected chi connectivity index (χ2v) is 5.73. The third-order valence-corrected chi connectivity index (χ3v) is 4.18. The lowest BCUT2D eigenvalue weighted by Crippen LogP contribution is -2.25. The Kier molecular flexibility index (Phi) is 5.84. The summed E-state index contributed by atoms with van der Waals surface area (Å²) < 4.78 is 19.9. The number of ether oxygens (including phenoxy) is 1. The molecule has 1 saturated carbocycles. The van der Waals surface area contributed by atoms with Gasteiger partial charge in [0.1, 0.15) is 0 Å². The molecular weight excluding hydrogens is 253 g/mol. The summed E-state index contributed by atoms with van der Waals surface area (Å²) in [5.41, 5.74) is 0.965. The van der Waals surface area contributed by atoms with Crippen molar-refractivity contribution in [1.82, 2.24) is 5.32 Å². The first-order valence-electron chi connectivity index (χ1n) is 7.88. The predicted octanol–water partition coefficient (Wildman–Crippen LogP) is 4.28. The highest BCUT2D eigenvalue weighted by atomic mass is 19.1. The minimum Gasteiger partial charge on any atom is -0.487 e. The minimum atomic E-state index is -0.237. The van der Waals surface area contributed by atoms with E-state index in [0.717, 1.165) is 30.9 Å². The van der Waals surface area contributed by atoms with Gasteiger partial charge in [0.25, 0.3) is 0 Å². The Hall–Kier alpha value is -1.09. The van der Waals surface area contributed by atoms with E-state index < -0.39 is 0 Å². The third kappa shape index (κ3) is 4.20. The monoisotopic (exact) mass is 279 g/mol. The molecule has 112 valence electrons. The van der Waals surface area contributed by atoms with Crippen LogP contribution in [0.15, 0.2) is 18.2 Å². The van der Waals surface area contributed by atoms with Gasteiger partial charge in [-0.05, 0) is 49.4 Å². The topological polar surface area (TPSA) is 21.3 Å². The van der Waals surface area contributed by atoms with Crippen LogP contribution in [-0.4, -0.2) is 12.6 Å². The highest BCUT2D eigenvalue weighted by Crippen LogP contribution is 2.30. The van der Waals surface area contributed by atoms with Gasteiger partial charge in [-0.15, -0.1) is 0 Å². The number of benzene rings is 1. The van der Waals surface area contributed by atoms with Crippen molar-refractivity contribution < 1.29 is 9.13 Å². The molecule has 2 rings (SSSR count). The zero-order valence-electron chi connectivity index (χ0n) is 12.6. The lowest BCUT2D eigenvalue weighted by atomic mass is 9.85. The van der Waals surface area contributed by atoms with Gasteiger partial charge in [0.15, 0.2) is 11.6 Å². The summed E-state index contributed by atoms with van der Waals surface area (Å²) in [4.78, 5) is 0. The fourth-order valence-corrected chi connectivity index (χ4v) is 2.92. The van der Waals surface area contributed by atoms with Crippen LogP contribution in [0.3, 0.4) is 0 Å². The SMILES string of the molecule is CCNCc1ccc(OC2CCCC(CC)C2)c(F)c1. The quantitative estimate of drug-likeness (QED) is 0.839. The van der Waals surface area contributed by atoms with E-state index in [1.54, 1.807) is 12.1 Å². The second kappa shape index (κ2) is 7.63. The molecule has 20 heavy (non-hydrogen) atoms. The molecule has 1 fully saturated rings. The van der Waals surface area contributed by atoms with E-state index in [1.165, 1.54) is 19.3 Å². The maximum Gasteiger partial charge on any atom is 0.165 e. The van der Waals surface area contributed by atoms with Crippen molar-refractivity contribution in [1.29, 1.82) is 0 Å². The van der Waals surface area contributed by atoms with Crippen molar-refractivity contribution in [3.05, 3.63) is 29.6 Å². The summed E-state index contributed by atoms with van der Waals surface area (Å²) in [6, 6.07) is 5.30.